The molecule has 4 rings (SSSR count). The highest BCUT2D eigenvalue weighted by Crippen LogP contribution is 2.25. The number of thioether (sulfide) groups is 1. The number of aromatic nitrogens is 2. The number of fused-ring (bicyclic) bond motifs is 1. The summed E-state index contributed by atoms with van der Waals surface area (Å²) in [6.45, 7) is 2.78. The van der Waals surface area contributed by atoms with Gasteiger partial charge < -0.3 is 4.57 Å². The van der Waals surface area contributed by atoms with E-state index in [9.17, 15) is 4.79 Å². The molecule has 0 spiro atoms. The van der Waals surface area contributed by atoms with E-state index in [2.05, 4.69) is 52.3 Å². The number of hydrogen-bond acceptors (Lipinski definition) is 4. The van der Waals surface area contributed by atoms with Gasteiger partial charge in [-0.25, -0.2) is 10.4 Å². The molecule has 1 heterocycles. The summed E-state index contributed by atoms with van der Waals surface area (Å²) < 4.78 is 2.16. The highest BCUT2D eigenvalue weighted by molar-refractivity contribution is 7.99. The lowest BCUT2D eigenvalue weighted by atomic mass is 10.1. The molecule has 160 valence electrons. The Labute approximate surface area is 191 Å². The highest BCUT2D eigenvalue weighted by atomic mass is 32.2. The number of imidazole rings is 1. The fourth-order valence-electron chi connectivity index (χ4n) is 3.23. The van der Waals surface area contributed by atoms with Crippen molar-refractivity contribution in [2.75, 3.05) is 5.75 Å². The third kappa shape index (κ3) is 5.74. The molecule has 5 nitrogen and oxygen atoms in total. The molecule has 1 amide bonds. The topological polar surface area (TPSA) is 59.3 Å². The number of allylic oxidation sites excluding steroid dienone is 1. The van der Waals surface area contributed by atoms with Crippen molar-refractivity contribution in [2.24, 2.45) is 5.10 Å². The zero-order chi connectivity index (χ0) is 22.2. The molecule has 0 aliphatic carbocycles. The second kappa shape index (κ2) is 10.6. The van der Waals surface area contributed by atoms with Crippen LogP contribution < -0.4 is 5.43 Å². The molecule has 6 heteroatoms. The van der Waals surface area contributed by atoms with Crippen LogP contribution in [0.5, 0.6) is 0 Å². The summed E-state index contributed by atoms with van der Waals surface area (Å²) in [6, 6.07) is 26.4. The van der Waals surface area contributed by atoms with E-state index in [0.29, 0.717) is 6.54 Å². The van der Waals surface area contributed by atoms with E-state index in [0.717, 1.165) is 21.8 Å². The van der Waals surface area contributed by atoms with Gasteiger partial charge in [-0.3, -0.25) is 4.79 Å². The molecular formula is C26H24N4OS. The van der Waals surface area contributed by atoms with Crippen molar-refractivity contribution in [3.05, 3.63) is 102 Å². The zero-order valence-electron chi connectivity index (χ0n) is 17.8. The predicted octanol–water partition coefficient (Wildman–Crippen LogP) is 5.30. The van der Waals surface area contributed by atoms with Gasteiger partial charge in [-0.2, -0.15) is 5.10 Å². The SMILES string of the molecule is Cc1ccc(Cn2c(SCC(=O)N/N=C\C=C\c3ccccc3)nc3ccccc32)cc1. The Morgan fingerprint density at radius 2 is 1.78 bits per heavy atom. The van der Waals surface area contributed by atoms with Gasteiger partial charge in [-0.1, -0.05) is 90.1 Å². The lowest BCUT2D eigenvalue weighted by Gasteiger charge is -2.09. The molecule has 0 aliphatic rings. The van der Waals surface area contributed by atoms with Crippen LogP contribution in [0.2, 0.25) is 0 Å². The van der Waals surface area contributed by atoms with Crippen molar-refractivity contribution >= 4 is 41.0 Å². The molecule has 4 aromatic rings. The quantitative estimate of drug-likeness (QED) is 0.230. The van der Waals surface area contributed by atoms with Crippen molar-refractivity contribution in [3.8, 4) is 0 Å². The number of aryl methyl sites for hydroxylation is 1. The summed E-state index contributed by atoms with van der Waals surface area (Å²) in [5, 5.41) is 4.80. The van der Waals surface area contributed by atoms with Crippen LogP contribution in [0.3, 0.4) is 0 Å². The predicted molar refractivity (Wildman–Crippen MR) is 133 cm³/mol. The van der Waals surface area contributed by atoms with Crippen LogP contribution in [0.15, 0.2) is 95.2 Å². The number of rotatable bonds is 8. The molecule has 0 saturated carbocycles. The van der Waals surface area contributed by atoms with E-state index in [1.165, 1.54) is 22.9 Å². The Balaban J connectivity index is 1.39. The maximum Gasteiger partial charge on any atom is 0.250 e. The van der Waals surface area contributed by atoms with Gasteiger partial charge in [0.25, 0.3) is 5.91 Å². The third-order valence-corrected chi connectivity index (χ3v) is 5.83. The summed E-state index contributed by atoms with van der Waals surface area (Å²) in [4.78, 5) is 17.0. The number of nitrogens with one attached hydrogen (secondary N) is 1. The van der Waals surface area contributed by atoms with Crippen molar-refractivity contribution in [1.29, 1.82) is 0 Å². The first kappa shape index (κ1) is 21.6. The van der Waals surface area contributed by atoms with Gasteiger partial charge in [0.2, 0.25) is 0 Å². The van der Waals surface area contributed by atoms with E-state index in [1.54, 1.807) is 12.3 Å². The molecule has 3 aromatic carbocycles. The van der Waals surface area contributed by atoms with Gasteiger partial charge in [0.1, 0.15) is 0 Å². The first-order valence-corrected chi connectivity index (χ1v) is 11.3. The number of amides is 1. The van der Waals surface area contributed by atoms with E-state index in [4.69, 9.17) is 4.98 Å². The summed E-state index contributed by atoms with van der Waals surface area (Å²) >= 11 is 1.41. The molecule has 1 N–H and O–H groups in total. The number of benzene rings is 3. The zero-order valence-corrected chi connectivity index (χ0v) is 18.6. The third-order valence-electron chi connectivity index (χ3n) is 4.85. The minimum absolute atomic E-state index is 0.173. The van der Waals surface area contributed by atoms with E-state index < -0.39 is 0 Å². The van der Waals surface area contributed by atoms with Crippen LogP contribution >= 0.6 is 11.8 Å². The first-order chi connectivity index (χ1) is 15.7. The van der Waals surface area contributed by atoms with Crippen molar-refractivity contribution in [3.63, 3.8) is 0 Å². The molecule has 0 unspecified atom stereocenters. The molecule has 1 aromatic heterocycles. The molecule has 0 atom stereocenters. The molecule has 0 fully saturated rings. The summed E-state index contributed by atoms with van der Waals surface area (Å²) in [5.74, 6) is 0.0602. The van der Waals surface area contributed by atoms with Gasteiger partial charge in [0, 0.05) is 6.21 Å². The first-order valence-electron chi connectivity index (χ1n) is 10.4. The standard InChI is InChI=1S/C26H24N4OS/c1-20-13-15-22(16-14-20)18-30-24-12-6-5-11-23(24)28-26(30)32-19-25(31)29-27-17-7-10-21-8-3-2-4-9-21/h2-17H,18-19H2,1H3,(H,29,31)/b10-7+,27-17-. The fourth-order valence-corrected chi connectivity index (χ4v) is 4.03. The minimum Gasteiger partial charge on any atom is -0.314 e. The Bertz CT molecular complexity index is 1240. The van der Waals surface area contributed by atoms with Crippen LogP contribution in [0.4, 0.5) is 0 Å². The van der Waals surface area contributed by atoms with Crippen LogP contribution in [0, 0.1) is 6.92 Å². The second-order valence-electron chi connectivity index (χ2n) is 7.33. The van der Waals surface area contributed by atoms with Gasteiger partial charge >= 0.3 is 0 Å². The number of para-hydroxylation sites is 2. The summed E-state index contributed by atoms with van der Waals surface area (Å²) in [7, 11) is 0. The van der Waals surface area contributed by atoms with Crippen molar-refractivity contribution in [1.82, 2.24) is 15.0 Å². The number of hydrazone groups is 1. The Kier molecular flexibility index (Phi) is 7.15. The number of carbonyl (C=O) groups is 1. The lowest BCUT2D eigenvalue weighted by Crippen LogP contribution is -2.19. The van der Waals surface area contributed by atoms with Crippen molar-refractivity contribution in [2.45, 2.75) is 18.6 Å². The Morgan fingerprint density at radius 1 is 1.03 bits per heavy atom. The largest absolute Gasteiger partial charge is 0.314 e. The maximum absolute atomic E-state index is 12.3. The number of nitrogens with zero attached hydrogens (tertiary/aromatic N) is 3. The minimum atomic E-state index is -0.173. The fraction of sp³-hybridized carbons (Fsp3) is 0.115. The molecular weight excluding hydrogens is 416 g/mol. The number of carbonyl (C=O) groups excluding carboxylic acids is 1. The van der Waals surface area contributed by atoms with E-state index >= 15 is 0 Å². The molecule has 0 radical (unpaired) electrons. The van der Waals surface area contributed by atoms with Crippen molar-refractivity contribution < 1.29 is 4.79 Å². The second-order valence-corrected chi connectivity index (χ2v) is 8.27. The smallest absolute Gasteiger partial charge is 0.250 e. The number of hydrogen-bond donors (Lipinski definition) is 1. The average molecular weight is 441 g/mol. The average Bonchev–Trinajstić information content (AvgIpc) is 3.17. The van der Waals surface area contributed by atoms with Gasteiger partial charge in [-0.15, -0.1) is 0 Å². The molecule has 32 heavy (non-hydrogen) atoms. The van der Waals surface area contributed by atoms with E-state index in [1.807, 2.05) is 54.6 Å². The molecule has 0 saturated heterocycles. The lowest BCUT2D eigenvalue weighted by molar-refractivity contribution is -0.118. The maximum atomic E-state index is 12.3. The molecule has 0 aliphatic heterocycles. The van der Waals surface area contributed by atoms with Crippen LogP contribution in [-0.2, 0) is 11.3 Å². The van der Waals surface area contributed by atoms with Crippen LogP contribution in [0.25, 0.3) is 17.1 Å². The van der Waals surface area contributed by atoms with Crippen LogP contribution in [-0.4, -0.2) is 27.4 Å². The highest BCUT2D eigenvalue weighted by Gasteiger charge is 2.13. The Hall–Kier alpha value is -3.64. The Morgan fingerprint density at radius 3 is 2.59 bits per heavy atom. The van der Waals surface area contributed by atoms with Gasteiger partial charge in [0.05, 0.1) is 23.3 Å². The van der Waals surface area contributed by atoms with Gasteiger partial charge in [-0.05, 0) is 36.3 Å². The summed E-state index contributed by atoms with van der Waals surface area (Å²) in [6.07, 6.45) is 5.30. The monoisotopic (exact) mass is 440 g/mol. The van der Waals surface area contributed by atoms with Crippen LogP contribution in [0.1, 0.15) is 16.7 Å². The molecule has 0 bridgehead atoms. The van der Waals surface area contributed by atoms with E-state index in [-0.39, 0.29) is 11.7 Å². The van der Waals surface area contributed by atoms with Gasteiger partial charge in [0.15, 0.2) is 5.16 Å². The summed E-state index contributed by atoms with van der Waals surface area (Å²) in [5.41, 5.74) is 8.05. The normalized spacial score (nSPS) is 11.5.